The molecular weight excluding hydrogens is 256 g/mol. The zero-order chi connectivity index (χ0) is 13.0. The highest BCUT2D eigenvalue weighted by Gasteiger charge is 2.14. The van der Waals surface area contributed by atoms with Crippen molar-refractivity contribution in [2.24, 2.45) is 0 Å². The number of carbonyl (C=O) groups excluding carboxylic acids is 1. The van der Waals surface area contributed by atoms with E-state index in [9.17, 15) is 9.59 Å². The molecule has 0 bridgehead atoms. The predicted molar refractivity (Wildman–Crippen MR) is 63.9 cm³/mol. The van der Waals surface area contributed by atoms with E-state index in [2.05, 4.69) is 15.8 Å². The van der Waals surface area contributed by atoms with Crippen molar-refractivity contribution in [2.45, 2.75) is 6.54 Å². The van der Waals surface area contributed by atoms with Crippen molar-refractivity contribution in [3.8, 4) is 23.1 Å². The molecule has 0 unspecified atom stereocenters. The van der Waals surface area contributed by atoms with E-state index in [4.69, 9.17) is 10.8 Å². The van der Waals surface area contributed by atoms with Crippen molar-refractivity contribution < 1.29 is 13.9 Å². The summed E-state index contributed by atoms with van der Waals surface area (Å²) in [5.41, 5.74) is 0. The Hall–Kier alpha value is -2.33. The lowest BCUT2D eigenvalue weighted by atomic mass is 10.5. The van der Waals surface area contributed by atoms with Gasteiger partial charge in [0.15, 0.2) is 6.61 Å². The third kappa shape index (κ3) is 2.67. The van der Waals surface area contributed by atoms with E-state index in [1.165, 1.54) is 11.3 Å². The van der Waals surface area contributed by atoms with Gasteiger partial charge in [-0.15, -0.1) is 22.9 Å². The second-order valence-electron chi connectivity index (χ2n) is 3.17. The minimum absolute atomic E-state index is 0.136. The van der Waals surface area contributed by atoms with Crippen LogP contribution in [0.5, 0.6) is 0 Å². The summed E-state index contributed by atoms with van der Waals surface area (Å²) >= 11 is 1.38. The molecule has 92 valence electrons. The predicted octanol–water partition coefficient (Wildman–Crippen LogP) is 0.741. The van der Waals surface area contributed by atoms with E-state index in [-0.39, 0.29) is 19.0 Å². The molecule has 2 aromatic rings. The van der Waals surface area contributed by atoms with Gasteiger partial charge < -0.3 is 9.15 Å². The molecule has 2 aromatic heterocycles. The van der Waals surface area contributed by atoms with Gasteiger partial charge in [-0.3, -0.25) is 4.79 Å². The first-order valence-corrected chi connectivity index (χ1v) is 5.79. The quantitative estimate of drug-likeness (QED) is 0.601. The van der Waals surface area contributed by atoms with Crippen LogP contribution >= 0.6 is 11.3 Å². The third-order valence-electron chi connectivity index (χ3n) is 1.93. The number of aromatic nitrogens is 2. The zero-order valence-electron chi connectivity index (χ0n) is 9.16. The number of esters is 1. The van der Waals surface area contributed by atoms with Crippen molar-refractivity contribution in [3.05, 3.63) is 28.1 Å². The van der Waals surface area contributed by atoms with Gasteiger partial charge in [0.1, 0.15) is 6.54 Å². The highest BCUT2D eigenvalue weighted by molar-refractivity contribution is 7.13. The molecule has 0 aromatic carbocycles. The maximum atomic E-state index is 11.4. The van der Waals surface area contributed by atoms with Gasteiger partial charge in [-0.1, -0.05) is 12.0 Å². The molecule has 0 N–H and O–H groups in total. The fraction of sp³-hybridized carbons (Fsp3) is 0.182. The molecule has 6 nitrogen and oxygen atoms in total. The number of ether oxygens (including phenoxy) is 1. The number of hydrogen-bond donors (Lipinski definition) is 0. The van der Waals surface area contributed by atoms with E-state index < -0.39 is 11.7 Å². The van der Waals surface area contributed by atoms with E-state index in [0.29, 0.717) is 4.88 Å². The molecule has 0 radical (unpaired) electrons. The third-order valence-corrected chi connectivity index (χ3v) is 2.79. The number of carbonyl (C=O) groups is 1. The summed E-state index contributed by atoms with van der Waals surface area (Å²) in [7, 11) is 0. The molecular formula is C11H8N2O4S. The normalized spacial score (nSPS) is 9.94. The summed E-state index contributed by atoms with van der Waals surface area (Å²) in [5.74, 6) is 0.984. The lowest BCUT2D eigenvalue weighted by Crippen LogP contribution is -2.23. The Balaban J connectivity index is 2.13. The van der Waals surface area contributed by atoms with Gasteiger partial charge in [-0.05, 0) is 11.4 Å². The second-order valence-corrected chi connectivity index (χ2v) is 4.12. The molecule has 0 spiro atoms. The van der Waals surface area contributed by atoms with Gasteiger partial charge in [0, 0.05) is 0 Å². The first kappa shape index (κ1) is 12.1. The number of rotatable bonds is 4. The molecule has 7 heteroatoms. The largest absolute Gasteiger partial charge is 0.451 e. The maximum absolute atomic E-state index is 11.4. The summed E-state index contributed by atoms with van der Waals surface area (Å²) in [6.45, 7) is -0.460. The Morgan fingerprint density at radius 3 is 3.17 bits per heavy atom. The molecule has 0 aliphatic heterocycles. The maximum Gasteiger partial charge on any atom is 0.437 e. The highest BCUT2D eigenvalue weighted by Crippen LogP contribution is 2.20. The zero-order valence-corrected chi connectivity index (χ0v) is 9.98. The SMILES string of the molecule is C#CCOC(=O)Cn1nc(-c2cccs2)oc1=O. The van der Waals surface area contributed by atoms with Crippen LogP contribution in [0.1, 0.15) is 0 Å². The molecule has 0 aliphatic carbocycles. The smallest absolute Gasteiger partial charge is 0.437 e. The van der Waals surface area contributed by atoms with Crippen molar-refractivity contribution in [2.75, 3.05) is 6.61 Å². The fourth-order valence-electron chi connectivity index (χ4n) is 1.20. The van der Waals surface area contributed by atoms with Crippen LogP contribution in [0.3, 0.4) is 0 Å². The fourth-order valence-corrected chi connectivity index (χ4v) is 1.84. The number of hydrogen-bond acceptors (Lipinski definition) is 6. The van der Waals surface area contributed by atoms with Crippen LogP contribution in [-0.2, 0) is 16.1 Å². The molecule has 0 aliphatic rings. The van der Waals surface area contributed by atoms with Crippen LogP contribution in [0, 0.1) is 12.3 Å². The molecule has 18 heavy (non-hydrogen) atoms. The number of thiophene rings is 1. The standard InChI is InChI=1S/C11H8N2O4S/c1-2-5-16-9(14)7-13-11(15)17-10(12-13)8-4-3-6-18-8/h1,3-4,6H,5,7H2. The van der Waals surface area contributed by atoms with Gasteiger partial charge in [-0.2, -0.15) is 4.68 Å². The Kier molecular flexibility index (Phi) is 3.60. The summed E-state index contributed by atoms with van der Waals surface area (Å²) in [4.78, 5) is 23.4. The minimum Gasteiger partial charge on any atom is -0.451 e. The second kappa shape index (κ2) is 5.33. The molecule has 0 amide bonds. The van der Waals surface area contributed by atoms with Crippen LogP contribution in [0.25, 0.3) is 10.8 Å². The Labute approximate surface area is 106 Å². The first-order valence-electron chi connectivity index (χ1n) is 4.91. The average Bonchev–Trinajstić information content (AvgIpc) is 2.97. The van der Waals surface area contributed by atoms with Crippen molar-refractivity contribution in [3.63, 3.8) is 0 Å². The minimum atomic E-state index is -0.712. The van der Waals surface area contributed by atoms with E-state index in [1.807, 2.05) is 5.38 Å². The van der Waals surface area contributed by atoms with Gasteiger partial charge in [0.25, 0.3) is 5.89 Å². The molecule has 0 fully saturated rings. The van der Waals surface area contributed by atoms with Crippen LogP contribution in [0.4, 0.5) is 0 Å². The van der Waals surface area contributed by atoms with Crippen molar-refractivity contribution >= 4 is 17.3 Å². The summed E-state index contributed by atoms with van der Waals surface area (Å²) in [6, 6.07) is 3.57. The molecule has 0 atom stereocenters. The van der Waals surface area contributed by atoms with Gasteiger partial charge in [-0.25, -0.2) is 4.79 Å². The first-order chi connectivity index (χ1) is 8.70. The van der Waals surface area contributed by atoms with Crippen LogP contribution in [-0.4, -0.2) is 22.4 Å². The molecule has 2 rings (SSSR count). The number of nitrogens with zero attached hydrogens (tertiary/aromatic N) is 2. The van der Waals surface area contributed by atoms with Crippen molar-refractivity contribution in [1.29, 1.82) is 0 Å². The van der Waals surface area contributed by atoms with E-state index >= 15 is 0 Å². The molecule has 0 saturated heterocycles. The lowest BCUT2D eigenvalue weighted by Gasteiger charge is -1.98. The van der Waals surface area contributed by atoms with Crippen molar-refractivity contribution in [1.82, 2.24) is 9.78 Å². The van der Waals surface area contributed by atoms with Gasteiger partial charge in [0.05, 0.1) is 4.88 Å². The van der Waals surface area contributed by atoms with Gasteiger partial charge in [0.2, 0.25) is 0 Å². The van der Waals surface area contributed by atoms with Crippen LogP contribution in [0.2, 0.25) is 0 Å². The van der Waals surface area contributed by atoms with E-state index in [0.717, 1.165) is 4.68 Å². The van der Waals surface area contributed by atoms with E-state index in [1.54, 1.807) is 12.1 Å². The number of terminal acetylenes is 1. The topological polar surface area (TPSA) is 74.3 Å². The lowest BCUT2D eigenvalue weighted by molar-refractivity contribution is -0.143. The Bertz CT molecular complexity index is 633. The molecule has 2 heterocycles. The summed E-state index contributed by atoms with van der Waals surface area (Å²) in [5, 5.41) is 5.72. The van der Waals surface area contributed by atoms with Crippen LogP contribution in [0.15, 0.2) is 26.7 Å². The highest BCUT2D eigenvalue weighted by atomic mass is 32.1. The average molecular weight is 264 g/mol. The molecule has 0 saturated carbocycles. The summed E-state index contributed by atoms with van der Waals surface area (Å²) < 4.78 is 10.5. The summed E-state index contributed by atoms with van der Waals surface area (Å²) in [6.07, 6.45) is 4.94. The van der Waals surface area contributed by atoms with Gasteiger partial charge >= 0.3 is 11.7 Å². The Morgan fingerprint density at radius 1 is 1.67 bits per heavy atom. The Morgan fingerprint density at radius 2 is 2.50 bits per heavy atom. The van der Waals surface area contributed by atoms with Crippen LogP contribution < -0.4 is 5.76 Å². The monoisotopic (exact) mass is 264 g/mol.